The fourth-order valence-corrected chi connectivity index (χ4v) is 1.43. The Hall–Kier alpha value is -2.77. The third-order valence-corrected chi connectivity index (χ3v) is 2.34. The number of methoxy groups -OCH3 is 1. The standard InChI is InChI=1S/C13H18N4O4/c1-9(18)14-6-7-15-12(19)16-10-4-3-5-11(8-10)17-13(20)21-2/h3-5,8H,6-7H2,1-2H3,(H,14,18)(H,17,20)(H2,15,16,19). The number of hydrogen-bond acceptors (Lipinski definition) is 4. The van der Waals surface area contributed by atoms with E-state index in [1.54, 1.807) is 24.3 Å². The smallest absolute Gasteiger partial charge is 0.411 e. The first kappa shape index (κ1) is 16.3. The Morgan fingerprint density at radius 1 is 1.05 bits per heavy atom. The number of hydrogen-bond donors (Lipinski definition) is 4. The van der Waals surface area contributed by atoms with E-state index in [-0.39, 0.29) is 5.91 Å². The summed E-state index contributed by atoms with van der Waals surface area (Å²) < 4.78 is 4.48. The van der Waals surface area contributed by atoms with Crippen LogP contribution in [-0.4, -0.2) is 38.2 Å². The Bertz CT molecular complexity index is 519. The molecule has 0 atom stereocenters. The maximum atomic E-state index is 11.6. The normalized spacial score (nSPS) is 9.43. The van der Waals surface area contributed by atoms with Crippen molar-refractivity contribution in [3.05, 3.63) is 24.3 Å². The molecule has 8 nitrogen and oxygen atoms in total. The van der Waals surface area contributed by atoms with Gasteiger partial charge in [0.15, 0.2) is 0 Å². The van der Waals surface area contributed by atoms with Gasteiger partial charge in [-0.2, -0.15) is 0 Å². The number of ether oxygens (including phenoxy) is 1. The minimum Gasteiger partial charge on any atom is -0.453 e. The lowest BCUT2D eigenvalue weighted by Crippen LogP contribution is -2.36. The summed E-state index contributed by atoms with van der Waals surface area (Å²) in [5, 5.41) is 10.2. The summed E-state index contributed by atoms with van der Waals surface area (Å²) in [6.07, 6.45) is -0.591. The van der Waals surface area contributed by atoms with Crippen LogP contribution in [0.2, 0.25) is 0 Å². The van der Waals surface area contributed by atoms with E-state index in [4.69, 9.17) is 0 Å². The van der Waals surface area contributed by atoms with Crippen molar-refractivity contribution in [2.45, 2.75) is 6.92 Å². The van der Waals surface area contributed by atoms with Gasteiger partial charge in [-0.05, 0) is 18.2 Å². The van der Waals surface area contributed by atoms with Crippen LogP contribution in [-0.2, 0) is 9.53 Å². The maximum Gasteiger partial charge on any atom is 0.411 e. The fourth-order valence-electron chi connectivity index (χ4n) is 1.43. The molecule has 0 saturated carbocycles. The quantitative estimate of drug-likeness (QED) is 0.610. The highest BCUT2D eigenvalue weighted by molar-refractivity contribution is 5.91. The lowest BCUT2D eigenvalue weighted by Gasteiger charge is -2.09. The predicted molar refractivity (Wildman–Crippen MR) is 78.2 cm³/mol. The molecule has 4 amide bonds. The monoisotopic (exact) mass is 294 g/mol. The predicted octanol–water partition coefficient (Wildman–Crippen LogP) is 1.12. The molecule has 4 N–H and O–H groups in total. The molecule has 21 heavy (non-hydrogen) atoms. The highest BCUT2D eigenvalue weighted by Crippen LogP contribution is 2.15. The van der Waals surface area contributed by atoms with Gasteiger partial charge in [-0.3, -0.25) is 10.1 Å². The van der Waals surface area contributed by atoms with Gasteiger partial charge in [-0.15, -0.1) is 0 Å². The fraction of sp³-hybridized carbons (Fsp3) is 0.308. The second-order valence-corrected chi connectivity index (χ2v) is 4.06. The summed E-state index contributed by atoms with van der Waals surface area (Å²) in [5.74, 6) is -0.154. The number of nitrogens with one attached hydrogen (secondary N) is 4. The summed E-state index contributed by atoms with van der Waals surface area (Å²) in [5.41, 5.74) is 1.01. The summed E-state index contributed by atoms with van der Waals surface area (Å²) in [7, 11) is 1.26. The van der Waals surface area contributed by atoms with Crippen LogP contribution in [0, 0.1) is 0 Å². The van der Waals surface area contributed by atoms with Crippen LogP contribution in [0.3, 0.4) is 0 Å². The molecule has 0 radical (unpaired) electrons. The largest absolute Gasteiger partial charge is 0.453 e. The van der Waals surface area contributed by atoms with Crippen LogP contribution in [0.5, 0.6) is 0 Å². The van der Waals surface area contributed by atoms with Crippen molar-refractivity contribution in [1.29, 1.82) is 0 Å². The Kier molecular flexibility index (Phi) is 6.52. The average Bonchev–Trinajstić information content (AvgIpc) is 2.43. The molecule has 1 aromatic rings. The van der Waals surface area contributed by atoms with Gasteiger partial charge in [0.2, 0.25) is 5.91 Å². The Morgan fingerprint density at radius 3 is 2.29 bits per heavy atom. The third-order valence-electron chi connectivity index (χ3n) is 2.34. The van der Waals surface area contributed by atoms with Crippen LogP contribution in [0.4, 0.5) is 21.0 Å². The molecule has 0 saturated heterocycles. The third kappa shape index (κ3) is 6.81. The number of rotatable bonds is 5. The van der Waals surface area contributed by atoms with Crippen molar-refractivity contribution in [1.82, 2.24) is 10.6 Å². The van der Waals surface area contributed by atoms with Gasteiger partial charge in [0.25, 0.3) is 0 Å². The van der Waals surface area contributed by atoms with E-state index >= 15 is 0 Å². The van der Waals surface area contributed by atoms with E-state index in [9.17, 15) is 14.4 Å². The van der Waals surface area contributed by atoms with Crippen molar-refractivity contribution >= 4 is 29.4 Å². The molecule has 0 aliphatic rings. The van der Waals surface area contributed by atoms with Gasteiger partial charge in [-0.1, -0.05) is 6.07 Å². The van der Waals surface area contributed by atoms with Crippen molar-refractivity contribution in [2.24, 2.45) is 0 Å². The maximum absolute atomic E-state index is 11.6. The summed E-state index contributed by atoms with van der Waals surface area (Å²) in [4.78, 5) is 33.3. The minimum atomic E-state index is -0.591. The highest BCUT2D eigenvalue weighted by Gasteiger charge is 2.04. The van der Waals surface area contributed by atoms with Crippen LogP contribution in [0.1, 0.15) is 6.92 Å². The number of carbonyl (C=O) groups excluding carboxylic acids is 3. The van der Waals surface area contributed by atoms with Gasteiger partial charge in [-0.25, -0.2) is 9.59 Å². The second kappa shape index (κ2) is 8.41. The van der Waals surface area contributed by atoms with Gasteiger partial charge in [0.1, 0.15) is 0 Å². The van der Waals surface area contributed by atoms with Gasteiger partial charge < -0.3 is 20.7 Å². The van der Waals surface area contributed by atoms with Crippen LogP contribution < -0.4 is 21.3 Å². The Morgan fingerprint density at radius 2 is 1.67 bits per heavy atom. The molecular formula is C13H18N4O4. The molecular weight excluding hydrogens is 276 g/mol. The van der Waals surface area contributed by atoms with E-state index in [0.717, 1.165) is 0 Å². The SMILES string of the molecule is COC(=O)Nc1cccc(NC(=O)NCCNC(C)=O)c1. The van der Waals surface area contributed by atoms with E-state index in [0.29, 0.717) is 24.5 Å². The lowest BCUT2D eigenvalue weighted by molar-refractivity contribution is -0.118. The van der Waals surface area contributed by atoms with Crippen molar-refractivity contribution in [3.63, 3.8) is 0 Å². The zero-order valence-corrected chi connectivity index (χ0v) is 11.9. The van der Waals surface area contributed by atoms with Gasteiger partial charge in [0.05, 0.1) is 7.11 Å². The molecule has 0 spiro atoms. The van der Waals surface area contributed by atoms with Crippen LogP contribution >= 0.6 is 0 Å². The zero-order valence-electron chi connectivity index (χ0n) is 11.9. The number of amides is 4. The molecule has 1 aromatic carbocycles. The molecule has 0 aliphatic heterocycles. The van der Waals surface area contributed by atoms with E-state index < -0.39 is 12.1 Å². The number of urea groups is 1. The Labute approximate surface area is 122 Å². The number of carbonyl (C=O) groups is 3. The topological polar surface area (TPSA) is 109 Å². The average molecular weight is 294 g/mol. The van der Waals surface area contributed by atoms with Crippen molar-refractivity contribution in [3.8, 4) is 0 Å². The molecule has 0 aromatic heterocycles. The first-order chi connectivity index (χ1) is 10.0. The molecule has 0 fully saturated rings. The molecule has 0 unspecified atom stereocenters. The molecule has 0 aliphatic carbocycles. The first-order valence-corrected chi connectivity index (χ1v) is 6.25. The molecule has 0 heterocycles. The molecule has 8 heteroatoms. The lowest BCUT2D eigenvalue weighted by atomic mass is 10.3. The van der Waals surface area contributed by atoms with Gasteiger partial charge in [0, 0.05) is 31.4 Å². The molecule has 1 rings (SSSR count). The van der Waals surface area contributed by atoms with Crippen LogP contribution in [0.15, 0.2) is 24.3 Å². The number of anilines is 2. The molecule has 0 bridgehead atoms. The van der Waals surface area contributed by atoms with Crippen LogP contribution in [0.25, 0.3) is 0 Å². The Balaban J connectivity index is 2.43. The van der Waals surface area contributed by atoms with Gasteiger partial charge >= 0.3 is 12.1 Å². The summed E-state index contributed by atoms with van der Waals surface area (Å²) >= 11 is 0. The summed E-state index contributed by atoms with van der Waals surface area (Å²) in [6.45, 7) is 2.07. The molecule has 114 valence electrons. The minimum absolute atomic E-state index is 0.154. The van der Waals surface area contributed by atoms with E-state index in [2.05, 4.69) is 26.0 Å². The van der Waals surface area contributed by atoms with Crippen molar-refractivity contribution < 1.29 is 19.1 Å². The zero-order chi connectivity index (χ0) is 15.7. The van der Waals surface area contributed by atoms with E-state index in [1.807, 2.05) is 0 Å². The van der Waals surface area contributed by atoms with Crippen molar-refractivity contribution in [2.75, 3.05) is 30.8 Å². The summed E-state index contributed by atoms with van der Waals surface area (Å²) in [6, 6.07) is 6.20. The number of benzene rings is 1. The first-order valence-electron chi connectivity index (χ1n) is 6.25. The second-order valence-electron chi connectivity index (χ2n) is 4.06. The van der Waals surface area contributed by atoms with E-state index in [1.165, 1.54) is 14.0 Å². The highest BCUT2D eigenvalue weighted by atomic mass is 16.5.